The van der Waals surface area contributed by atoms with Crippen LogP contribution in [0.2, 0.25) is 10.0 Å². The summed E-state index contributed by atoms with van der Waals surface area (Å²) in [5.41, 5.74) is 9.61. The zero-order valence-corrected chi connectivity index (χ0v) is 31.2. The third-order valence-corrected chi connectivity index (χ3v) is 10.9. The van der Waals surface area contributed by atoms with Crippen molar-refractivity contribution in [3.8, 4) is 28.1 Å². The number of imidazole rings is 1. The van der Waals surface area contributed by atoms with Crippen molar-refractivity contribution in [2.75, 3.05) is 10.8 Å². The quantitative estimate of drug-likeness (QED) is 0.129. The second-order valence-electron chi connectivity index (χ2n) is 13.3. The number of hydrogen-bond acceptors (Lipinski definition) is 4. The van der Waals surface area contributed by atoms with Gasteiger partial charge in [-0.15, -0.1) is 6.58 Å². The van der Waals surface area contributed by atoms with Crippen LogP contribution in [-0.4, -0.2) is 30.4 Å². The van der Waals surface area contributed by atoms with Gasteiger partial charge in [0.15, 0.2) is 0 Å². The van der Waals surface area contributed by atoms with Crippen LogP contribution in [0.25, 0.3) is 28.1 Å². The molecule has 1 aliphatic heterocycles. The number of nitrogens with zero attached hydrogens (tertiary/aromatic N) is 3. The minimum absolute atomic E-state index is 0.283. The van der Waals surface area contributed by atoms with Crippen molar-refractivity contribution in [1.82, 2.24) is 14.3 Å². The molecule has 1 amide bonds. The molecule has 1 fully saturated rings. The molecule has 5 aromatic rings. The number of carbonyl (C=O) groups is 1. The lowest BCUT2D eigenvalue weighted by Crippen LogP contribution is -2.29. The third kappa shape index (κ3) is 8.64. The van der Waals surface area contributed by atoms with Crippen LogP contribution in [0.3, 0.4) is 0 Å². The summed E-state index contributed by atoms with van der Waals surface area (Å²) in [6.07, 6.45) is 7.80. The van der Waals surface area contributed by atoms with E-state index >= 15 is 0 Å². The van der Waals surface area contributed by atoms with E-state index in [2.05, 4.69) is 82.0 Å². The summed E-state index contributed by atoms with van der Waals surface area (Å²) in [7, 11) is -3.97. The standard InChI is InChI=1S/C41H40Cl2N4O3S/c1-27(2)8-12-30(13-9-28(3)4)32-16-18-33(19-17-32)31-14-10-29(11-15-31)22-40-44-39(37-21-20-34(42)23-38(37)43)25-46(40)35-6-5-7-36(24-35)47-26-41(48)45-51(47,49)50/h5-7,9-11,14-21,23-25,30H,1,8,12-13,22,26H2,2-4H3,(H,45,48). The van der Waals surface area contributed by atoms with Crippen molar-refractivity contribution in [2.24, 2.45) is 0 Å². The number of rotatable bonds is 12. The van der Waals surface area contributed by atoms with Crippen molar-refractivity contribution < 1.29 is 13.2 Å². The summed E-state index contributed by atoms with van der Waals surface area (Å²) >= 11 is 12.8. The lowest BCUT2D eigenvalue weighted by molar-refractivity contribution is -0.117. The highest BCUT2D eigenvalue weighted by Crippen LogP contribution is 2.33. The Kier molecular flexibility index (Phi) is 10.9. The molecule has 7 nitrogen and oxygen atoms in total. The summed E-state index contributed by atoms with van der Waals surface area (Å²) in [6.45, 7) is 10.2. The summed E-state index contributed by atoms with van der Waals surface area (Å²) in [6, 6.07) is 29.6. The molecule has 1 unspecified atom stereocenters. The van der Waals surface area contributed by atoms with E-state index in [1.165, 1.54) is 16.7 Å². The number of aromatic nitrogens is 2. The van der Waals surface area contributed by atoms with E-state index in [0.717, 1.165) is 51.6 Å². The van der Waals surface area contributed by atoms with Crippen molar-refractivity contribution in [3.63, 3.8) is 0 Å². The molecular formula is C41H40Cl2N4O3S. The first-order valence-electron chi connectivity index (χ1n) is 16.8. The van der Waals surface area contributed by atoms with Crippen molar-refractivity contribution in [3.05, 3.63) is 148 Å². The average Bonchev–Trinajstić information content (AvgIpc) is 3.63. The first-order chi connectivity index (χ1) is 24.4. The fourth-order valence-corrected chi connectivity index (χ4v) is 7.88. The van der Waals surface area contributed by atoms with E-state index in [1.807, 2.05) is 27.6 Å². The lowest BCUT2D eigenvalue weighted by Gasteiger charge is -2.17. The van der Waals surface area contributed by atoms with Gasteiger partial charge >= 0.3 is 10.2 Å². The minimum Gasteiger partial charge on any atom is -0.303 e. The molecule has 0 spiro atoms. The summed E-state index contributed by atoms with van der Waals surface area (Å²) in [4.78, 5) is 16.9. The zero-order valence-electron chi connectivity index (χ0n) is 28.9. The topological polar surface area (TPSA) is 84.3 Å². The molecule has 6 rings (SSSR count). The van der Waals surface area contributed by atoms with Gasteiger partial charge in [0.05, 0.1) is 16.4 Å². The van der Waals surface area contributed by atoms with Crippen LogP contribution < -0.4 is 9.03 Å². The summed E-state index contributed by atoms with van der Waals surface area (Å²) < 4.78 is 30.2. The van der Waals surface area contributed by atoms with E-state index in [-0.39, 0.29) is 6.54 Å². The Morgan fingerprint density at radius 2 is 1.63 bits per heavy atom. The molecule has 10 heteroatoms. The molecule has 51 heavy (non-hydrogen) atoms. The molecule has 0 saturated carbocycles. The molecule has 262 valence electrons. The van der Waals surface area contributed by atoms with E-state index in [0.29, 0.717) is 39.5 Å². The van der Waals surface area contributed by atoms with Crippen molar-refractivity contribution in [1.29, 1.82) is 0 Å². The van der Waals surface area contributed by atoms with Crippen LogP contribution in [0.5, 0.6) is 0 Å². The highest BCUT2D eigenvalue weighted by Gasteiger charge is 2.34. The Morgan fingerprint density at radius 1 is 0.941 bits per heavy atom. The summed E-state index contributed by atoms with van der Waals surface area (Å²) in [5.74, 6) is 0.593. The van der Waals surface area contributed by atoms with Crippen molar-refractivity contribution in [2.45, 2.75) is 52.4 Å². The highest BCUT2D eigenvalue weighted by atomic mass is 35.5. The zero-order chi connectivity index (χ0) is 36.3. The maximum Gasteiger partial charge on any atom is 0.326 e. The molecule has 2 heterocycles. The van der Waals surface area contributed by atoms with Crippen LogP contribution in [0.4, 0.5) is 5.69 Å². The van der Waals surface area contributed by atoms with E-state index < -0.39 is 16.1 Å². The monoisotopic (exact) mass is 738 g/mol. The van der Waals surface area contributed by atoms with Crippen LogP contribution >= 0.6 is 23.2 Å². The molecular weight excluding hydrogens is 699 g/mol. The van der Waals surface area contributed by atoms with Gasteiger partial charge in [0, 0.05) is 28.9 Å². The van der Waals surface area contributed by atoms with Crippen molar-refractivity contribution >= 4 is 45.0 Å². The fraction of sp³-hybridized carbons (Fsp3) is 0.220. The first-order valence-corrected chi connectivity index (χ1v) is 19.0. The number of benzene rings is 4. The van der Waals surface area contributed by atoms with Gasteiger partial charge in [-0.2, -0.15) is 8.42 Å². The van der Waals surface area contributed by atoms with Gasteiger partial charge in [-0.1, -0.05) is 95.0 Å². The smallest absolute Gasteiger partial charge is 0.303 e. The number of amides is 1. The average molecular weight is 740 g/mol. The molecule has 1 aromatic heterocycles. The molecule has 1 N–H and O–H groups in total. The molecule has 1 aliphatic rings. The Balaban J connectivity index is 1.29. The molecule has 1 saturated heterocycles. The number of anilines is 1. The van der Waals surface area contributed by atoms with Crippen LogP contribution in [-0.2, 0) is 21.4 Å². The van der Waals surface area contributed by atoms with Crippen LogP contribution in [0, 0.1) is 0 Å². The van der Waals surface area contributed by atoms with E-state index in [4.69, 9.17) is 28.2 Å². The van der Waals surface area contributed by atoms with Gasteiger partial charge in [-0.3, -0.25) is 4.79 Å². The Morgan fingerprint density at radius 3 is 2.25 bits per heavy atom. The fourth-order valence-electron chi connectivity index (χ4n) is 6.23. The maximum absolute atomic E-state index is 12.6. The SMILES string of the molecule is C=C(C)CCC(CC=C(C)C)c1ccc(-c2ccc(Cc3nc(-c4ccc(Cl)cc4Cl)cn3-c3cccc(N4CC(=O)NS4(=O)=O)c3)cc2)cc1. The minimum atomic E-state index is -3.97. The van der Waals surface area contributed by atoms with Gasteiger partial charge in [0.2, 0.25) is 0 Å². The Labute approximate surface area is 310 Å². The molecule has 1 atom stereocenters. The predicted molar refractivity (Wildman–Crippen MR) is 209 cm³/mol. The number of hydrogen-bond donors (Lipinski definition) is 1. The second-order valence-corrected chi connectivity index (χ2v) is 15.7. The third-order valence-electron chi connectivity index (χ3n) is 8.96. The second kappa shape index (κ2) is 15.3. The van der Waals surface area contributed by atoms with Crippen LogP contribution in [0.15, 0.2) is 121 Å². The summed E-state index contributed by atoms with van der Waals surface area (Å²) in [5, 5.41) is 0.988. The number of halogens is 2. The number of nitrogens with one attached hydrogen (secondary N) is 1. The van der Waals surface area contributed by atoms with Gasteiger partial charge in [0.1, 0.15) is 12.4 Å². The predicted octanol–water partition coefficient (Wildman–Crippen LogP) is 10.1. The molecule has 0 bridgehead atoms. The van der Waals surface area contributed by atoms with Gasteiger partial charge < -0.3 is 4.57 Å². The first kappa shape index (κ1) is 36.2. The Hall–Kier alpha value is -4.63. The van der Waals surface area contributed by atoms with Gasteiger partial charge in [-0.05, 0) is 105 Å². The largest absolute Gasteiger partial charge is 0.326 e. The maximum atomic E-state index is 12.6. The number of carbonyl (C=O) groups excluding carboxylic acids is 1. The van der Waals surface area contributed by atoms with Crippen LogP contribution in [0.1, 0.15) is 62.9 Å². The molecule has 4 aromatic carbocycles. The highest BCUT2D eigenvalue weighted by molar-refractivity contribution is 7.92. The van der Waals surface area contributed by atoms with E-state index in [9.17, 15) is 13.2 Å². The van der Waals surface area contributed by atoms with Gasteiger partial charge in [-0.25, -0.2) is 14.0 Å². The lowest BCUT2D eigenvalue weighted by atomic mass is 9.88. The molecule has 0 aliphatic carbocycles. The number of allylic oxidation sites excluding steroid dienone is 3. The van der Waals surface area contributed by atoms with Gasteiger partial charge in [0.25, 0.3) is 5.91 Å². The van der Waals surface area contributed by atoms with E-state index in [1.54, 1.807) is 30.3 Å². The normalized spacial score (nSPS) is 14.3. The Bertz CT molecular complexity index is 2220. The molecule has 0 radical (unpaired) electrons.